The Morgan fingerprint density at radius 2 is 2.06 bits per heavy atom. The summed E-state index contributed by atoms with van der Waals surface area (Å²) in [5.41, 5.74) is 0. The first-order valence-electron chi connectivity index (χ1n) is 6.61. The maximum Gasteiger partial charge on any atom is 0.0244 e. The summed E-state index contributed by atoms with van der Waals surface area (Å²) < 4.78 is 0. The fourth-order valence-corrected chi connectivity index (χ4v) is 2.70. The average Bonchev–Trinajstić information content (AvgIpc) is 2.25. The van der Waals surface area contributed by atoms with Gasteiger partial charge in [0, 0.05) is 25.2 Å². The normalized spacial score (nSPS) is 25.3. The Kier molecular flexibility index (Phi) is 5.73. The van der Waals surface area contributed by atoms with Crippen molar-refractivity contribution in [2.45, 2.75) is 38.8 Å². The molecule has 1 saturated heterocycles. The van der Waals surface area contributed by atoms with E-state index in [1.54, 1.807) is 0 Å². The van der Waals surface area contributed by atoms with Gasteiger partial charge in [-0.25, -0.2) is 0 Å². The number of nitrogens with one attached hydrogen (secondary N) is 1. The lowest BCUT2D eigenvalue weighted by Gasteiger charge is -2.42. The van der Waals surface area contributed by atoms with Crippen molar-refractivity contribution in [1.82, 2.24) is 15.1 Å². The minimum absolute atomic E-state index is 0.688. The fraction of sp³-hybridized carbons (Fsp3) is 1.00. The standard InChI is InChI=1S/C13H29N3/c1-11(2)13(9-14-3)16-8-6-7-12(10-16)15(4)5/h11-14H,6-10H2,1-5H3. The first kappa shape index (κ1) is 13.9. The van der Waals surface area contributed by atoms with Crippen LogP contribution >= 0.6 is 0 Å². The minimum Gasteiger partial charge on any atom is -0.318 e. The van der Waals surface area contributed by atoms with Gasteiger partial charge in [0.25, 0.3) is 0 Å². The summed E-state index contributed by atoms with van der Waals surface area (Å²) in [5, 5.41) is 3.34. The SMILES string of the molecule is CNCC(C(C)C)N1CCCC(N(C)C)C1. The number of hydrogen-bond acceptors (Lipinski definition) is 3. The van der Waals surface area contributed by atoms with Crippen molar-refractivity contribution in [2.24, 2.45) is 5.92 Å². The van der Waals surface area contributed by atoms with E-state index in [1.807, 2.05) is 0 Å². The van der Waals surface area contributed by atoms with Gasteiger partial charge in [0.2, 0.25) is 0 Å². The van der Waals surface area contributed by atoms with E-state index in [2.05, 4.69) is 50.1 Å². The molecule has 0 aromatic carbocycles. The van der Waals surface area contributed by atoms with Crippen molar-refractivity contribution in [3.05, 3.63) is 0 Å². The molecule has 0 aromatic rings. The number of likely N-dealkylation sites (N-methyl/N-ethyl adjacent to an activating group) is 2. The molecule has 16 heavy (non-hydrogen) atoms. The molecule has 2 unspecified atom stereocenters. The van der Waals surface area contributed by atoms with Gasteiger partial charge in [-0.05, 0) is 46.4 Å². The Morgan fingerprint density at radius 1 is 1.38 bits per heavy atom. The Labute approximate surface area is 101 Å². The highest BCUT2D eigenvalue weighted by Crippen LogP contribution is 2.19. The number of hydrogen-bond donors (Lipinski definition) is 1. The zero-order valence-electron chi connectivity index (χ0n) is 11.7. The molecule has 1 fully saturated rings. The summed E-state index contributed by atoms with van der Waals surface area (Å²) in [6, 6.07) is 1.43. The summed E-state index contributed by atoms with van der Waals surface area (Å²) in [6.07, 6.45) is 2.70. The summed E-state index contributed by atoms with van der Waals surface area (Å²) in [7, 11) is 6.47. The number of likely N-dealkylation sites (tertiary alicyclic amines) is 1. The van der Waals surface area contributed by atoms with E-state index in [0.29, 0.717) is 6.04 Å². The van der Waals surface area contributed by atoms with Crippen LogP contribution < -0.4 is 5.32 Å². The van der Waals surface area contributed by atoms with Crippen LogP contribution in [-0.2, 0) is 0 Å². The first-order valence-corrected chi connectivity index (χ1v) is 6.61. The largest absolute Gasteiger partial charge is 0.318 e. The molecule has 0 aromatic heterocycles. The zero-order chi connectivity index (χ0) is 12.1. The molecule has 1 rings (SSSR count). The van der Waals surface area contributed by atoms with Gasteiger partial charge in [0.15, 0.2) is 0 Å². The van der Waals surface area contributed by atoms with Gasteiger partial charge in [-0.15, -0.1) is 0 Å². The topological polar surface area (TPSA) is 18.5 Å². The molecule has 0 radical (unpaired) electrons. The predicted octanol–water partition coefficient (Wildman–Crippen LogP) is 1.26. The summed E-state index contributed by atoms with van der Waals surface area (Å²) >= 11 is 0. The highest BCUT2D eigenvalue weighted by Gasteiger charge is 2.27. The molecule has 3 nitrogen and oxygen atoms in total. The van der Waals surface area contributed by atoms with Gasteiger partial charge < -0.3 is 10.2 Å². The van der Waals surface area contributed by atoms with E-state index in [9.17, 15) is 0 Å². The summed E-state index contributed by atoms with van der Waals surface area (Å²) in [5.74, 6) is 0.730. The Hall–Kier alpha value is -0.120. The molecule has 1 aliphatic heterocycles. The molecule has 96 valence electrons. The summed E-state index contributed by atoms with van der Waals surface area (Å²) in [4.78, 5) is 5.05. The second-order valence-corrected chi connectivity index (χ2v) is 5.62. The van der Waals surface area contributed by atoms with Crippen molar-refractivity contribution in [2.75, 3.05) is 40.8 Å². The van der Waals surface area contributed by atoms with E-state index >= 15 is 0 Å². The van der Waals surface area contributed by atoms with Gasteiger partial charge in [0.1, 0.15) is 0 Å². The molecule has 0 aliphatic carbocycles. The third-order valence-corrected chi connectivity index (χ3v) is 3.81. The third-order valence-electron chi connectivity index (χ3n) is 3.81. The molecule has 0 bridgehead atoms. The van der Waals surface area contributed by atoms with E-state index < -0.39 is 0 Å². The lowest BCUT2D eigenvalue weighted by atomic mass is 9.97. The van der Waals surface area contributed by atoms with Crippen molar-refractivity contribution in [1.29, 1.82) is 0 Å². The van der Waals surface area contributed by atoms with Gasteiger partial charge in [-0.1, -0.05) is 13.8 Å². The zero-order valence-corrected chi connectivity index (χ0v) is 11.7. The average molecular weight is 227 g/mol. The van der Waals surface area contributed by atoms with Gasteiger partial charge >= 0.3 is 0 Å². The lowest BCUT2D eigenvalue weighted by Crippen LogP contribution is -2.53. The van der Waals surface area contributed by atoms with Gasteiger partial charge in [0.05, 0.1) is 0 Å². The van der Waals surface area contributed by atoms with Crippen molar-refractivity contribution >= 4 is 0 Å². The first-order chi connectivity index (χ1) is 7.56. The van der Waals surface area contributed by atoms with E-state index in [-0.39, 0.29) is 0 Å². The second kappa shape index (κ2) is 6.58. The van der Waals surface area contributed by atoms with Crippen molar-refractivity contribution in [3.8, 4) is 0 Å². The molecule has 1 N–H and O–H groups in total. The fourth-order valence-electron chi connectivity index (χ4n) is 2.70. The van der Waals surface area contributed by atoms with Crippen LogP contribution in [0, 0.1) is 5.92 Å². The van der Waals surface area contributed by atoms with Crippen LogP contribution in [0.4, 0.5) is 0 Å². The minimum atomic E-state index is 0.688. The maximum absolute atomic E-state index is 3.34. The third kappa shape index (κ3) is 3.72. The van der Waals surface area contributed by atoms with Crippen LogP contribution in [0.3, 0.4) is 0 Å². The molecule has 1 heterocycles. The van der Waals surface area contributed by atoms with Gasteiger partial charge in [-0.2, -0.15) is 0 Å². The number of rotatable bonds is 5. The molecular weight excluding hydrogens is 198 g/mol. The van der Waals surface area contributed by atoms with E-state index in [1.165, 1.54) is 25.9 Å². The second-order valence-electron chi connectivity index (χ2n) is 5.62. The smallest absolute Gasteiger partial charge is 0.0244 e. The Bertz CT molecular complexity index is 192. The lowest BCUT2D eigenvalue weighted by molar-refractivity contribution is 0.0762. The number of nitrogens with zero attached hydrogens (tertiary/aromatic N) is 2. The monoisotopic (exact) mass is 227 g/mol. The van der Waals surface area contributed by atoms with Crippen LogP contribution in [0.5, 0.6) is 0 Å². The number of piperidine rings is 1. The van der Waals surface area contributed by atoms with Crippen molar-refractivity contribution < 1.29 is 0 Å². The molecule has 0 amide bonds. The maximum atomic E-state index is 3.34. The molecule has 3 heteroatoms. The molecule has 0 spiro atoms. The predicted molar refractivity (Wildman–Crippen MR) is 70.8 cm³/mol. The van der Waals surface area contributed by atoms with E-state index in [4.69, 9.17) is 0 Å². The summed E-state index contributed by atoms with van der Waals surface area (Å²) in [6.45, 7) is 8.28. The van der Waals surface area contributed by atoms with Crippen molar-refractivity contribution in [3.63, 3.8) is 0 Å². The highest BCUT2D eigenvalue weighted by molar-refractivity contribution is 4.84. The Morgan fingerprint density at radius 3 is 2.56 bits per heavy atom. The van der Waals surface area contributed by atoms with Crippen LogP contribution in [-0.4, -0.2) is 62.7 Å². The van der Waals surface area contributed by atoms with Crippen LogP contribution in [0.1, 0.15) is 26.7 Å². The van der Waals surface area contributed by atoms with Crippen LogP contribution in [0.15, 0.2) is 0 Å². The molecule has 2 atom stereocenters. The molecule has 1 aliphatic rings. The van der Waals surface area contributed by atoms with Gasteiger partial charge in [-0.3, -0.25) is 4.90 Å². The highest BCUT2D eigenvalue weighted by atomic mass is 15.2. The quantitative estimate of drug-likeness (QED) is 0.763. The molecule has 0 saturated carbocycles. The molecular formula is C13H29N3. The van der Waals surface area contributed by atoms with Crippen LogP contribution in [0.2, 0.25) is 0 Å². The van der Waals surface area contributed by atoms with Crippen LogP contribution in [0.25, 0.3) is 0 Å². The Balaban J connectivity index is 2.55. The van der Waals surface area contributed by atoms with E-state index in [0.717, 1.165) is 18.5 Å².